The van der Waals surface area contributed by atoms with Gasteiger partial charge >= 0.3 is 0 Å². The highest BCUT2D eigenvalue weighted by molar-refractivity contribution is 6.23. The minimum absolute atomic E-state index is 0.0457. The summed E-state index contributed by atoms with van der Waals surface area (Å²) in [7, 11) is 0. The van der Waals surface area contributed by atoms with Crippen LogP contribution < -0.4 is 11.2 Å². The van der Waals surface area contributed by atoms with Crippen molar-refractivity contribution in [2.24, 2.45) is 11.7 Å². The van der Waals surface area contributed by atoms with Crippen LogP contribution in [-0.4, -0.2) is 30.6 Å². The summed E-state index contributed by atoms with van der Waals surface area (Å²) in [5.41, 5.74) is 8.09. The number of hydroxylamine groups is 1. The largest absolute Gasteiger partial charge is 0.369 e. The van der Waals surface area contributed by atoms with Gasteiger partial charge in [-0.2, -0.15) is 0 Å². The molecule has 1 amide bonds. The van der Waals surface area contributed by atoms with Gasteiger partial charge in [-0.15, -0.1) is 0 Å². The maximum absolute atomic E-state index is 11.7. The normalized spacial score (nSPS) is 19.6. The van der Waals surface area contributed by atoms with Crippen molar-refractivity contribution in [2.45, 2.75) is 32.6 Å². The number of allylic oxidation sites excluding steroid dienone is 2. The average Bonchev–Trinajstić information content (AvgIpc) is 2.35. The van der Waals surface area contributed by atoms with Crippen LogP contribution in [0.2, 0.25) is 0 Å². The van der Waals surface area contributed by atoms with Crippen molar-refractivity contribution in [1.29, 1.82) is 0 Å². The first kappa shape index (κ1) is 15.5. The second kappa shape index (κ2) is 7.81. The van der Waals surface area contributed by atoms with Crippen LogP contribution in [0.4, 0.5) is 0 Å². The number of carbonyl (C=O) groups excluding carboxylic acids is 3. The third kappa shape index (κ3) is 4.92. The summed E-state index contributed by atoms with van der Waals surface area (Å²) in [5.74, 6) is -1.78. The van der Waals surface area contributed by atoms with Crippen LogP contribution >= 0.6 is 0 Å². The molecule has 0 aromatic carbocycles. The first-order valence-corrected chi connectivity index (χ1v) is 6.46. The van der Waals surface area contributed by atoms with Crippen molar-refractivity contribution in [3.05, 3.63) is 11.6 Å². The average molecular weight is 268 g/mol. The molecule has 1 aliphatic rings. The van der Waals surface area contributed by atoms with Gasteiger partial charge < -0.3 is 10.6 Å². The summed E-state index contributed by atoms with van der Waals surface area (Å²) in [6.45, 7) is 3.12. The Morgan fingerprint density at radius 2 is 2.05 bits per heavy atom. The Morgan fingerprint density at radius 3 is 2.58 bits per heavy atom. The Bertz CT molecular complexity index is 370. The first-order valence-electron chi connectivity index (χ1n) is 6.46. The number of nitrogens with two attached hydrogens (primary N) is 1. The van der Waals surface area contributed by atoms with E-state index < -0.39 is 11.8 Å². The molecule has 0 atom stereocenters. The van der Waals surface area contributed by atoms with Crippen molar-refractivity contribution in [1.82, 2.24) is 5.48 Å². The van der Waals surface area contributed by atoms with E-state index in [0.717, 1.165) is 6.42 Å². The quantitative estimate of drug-likeness (QED) is 0.299. The standard InChI is InChI=1S/C13H20N2O4/c1-2-19-15-6-4-3-5-10-11(16)7-9(13(14)18)8-12(10)17/h5,9,15H,2-4,6-8H2,1H3,(H2,14,18). The summed E-state index contributed by atoms with van der Waals surface area (Å²) in [4.78, 5) is 39.4. The fourth-order valence-corrected chi connectivity index (χ4v) is 1.92. The van der Waals surface area contributed by atoms with Gasteiger partial charge in [0.25, 0.3) is 0 Å². The van der Waals surface area contributed by atoms with Gasteiger partial charge in [0.1, 0.15) is 0 Å². The van der Waals surface area contributed by atoms with E-state index in [0.29, 0.717) is 19.6 Å². The second-order valence-electron chi connectivity index (χ2n) is 4.44. The van der Waals surface area contributed by atoms with Gasteiger partial charge in [-0.05, 0) is 19.8 Å². The van der Waals surface area contributed by atoms with Crippen LogP contribution in [0, 0.1) is 5.92 Å². The minimum atomic E-state index is -0.642. The molecule has 0 aromatic heterocycles. The van der Waals surface area contributed by atoms with Crippen molar-refractivity contribution in [2.75, 3.05) is 13.2 Å². The zero-order chi connectivity index (χ0) is 14.3. The highest BCUT2D eigenvalue weighted by Crippen LogP contribution is 2.23. The molecule has 1 fully saturated rings. The van der Waals surface area contributed by atoms with Crippen LogP contribution in [0.3, 0.4) is 0 Å². The molecule has 6 heteroatoms. The smallest absolute Gasteiger partial charge is 0.221 e. The van der Waals surface area contributed by atoms with Crippen LogP contribution in [0.5, 0.6) is 0 Å². The van der Waals surface area contributed by atoms with Gasteiger partial charge in [-0.3, -0.25) is 14.4 Å². The summed E-state index contributed by atoms with van der Waals surface area (Å²) in [6, 6.07) is 0. The SMILES string of the molecule is CCONCCCC=C1C(=O)CC(C(N)=O)CC1=O. The molecule has 106 valence electrons. The van der Waals surface area contributed by atoms with Crippen LogP contribution in [0.15, 0.2) is 11.6 Å². The molecule has 0 unspecified atom stereocenters. The molecule has 1 saturated carbocycles. The molecule has 0 aliphatic heterocycles. The van der Waals surface area contributed by atoms with Crippen LogP contribution in [0.25, 0.3) is 0 Å². The fourth-order valence-electron chi connectivity index (χ4n) is 1.92. The van der Waals surface area contributed by atoms with Gasteiger partial charge in [0, 0.05) is 19.4 Å². The third-order valence-corrected chi connectivity index (χ3v) is 2.94. The Kier molecular flexibility index (Phi) is 6.38. The van der Waals surface area contributed by atoms with Gasteiger partial charge in [0.05, 0.1) is 18.1 Å². The number of carbonyl (C=O) groups is 3. The number of hydrogen-bond donors (Lipinski definition) is 2. The van der Waals surface area contributed by atoms with Gasteiger partial charge in [0.15, 0.2) is 11.6 Å². The first-order chi connectivity index (χ1) is 9.06. The predicted molar refractivity (Wildman–Crippen MR) is 68.9 cm³/mol. The molecule has 1 aliphatic carbocycles. The van der Waals surface area contributed by atoms with E-state index in [1.165, 1.54) is 0 Å². The Hall–Kier alpha value is -1.53. The van der Waals surface area contributed by atoms with Gasteiger partial charge in [-0.1, -0.05) is 6.08 Å². The number of nitrogens with one attached hydrogen (secondary N) is 1. The minimum Gasteiger partial charge on any atom is -0.369 e. The van der Waals surface area contributed by atoms with Crippen molar-refractivity contribution < 1.29 is 19.2 Å². The highest BCUT2D eigenvalue weighted by Gasteiger charge is 2.32. The number of Topliss-reactive ketones (excluding diaryl/α,β-unsaturated/α-hetero) is 2. The molecule has 0 spiro atoms. The molecular formula is C13H20N2O4. The zero-order valence-electron chi connectivity index (χ0n) is 11.1. The topological polar surface area (TPSA) is 98.5 Å². The van der Waals surface area contributed by atoms with Gasteiger partial charge in [0.2, 0.25) is 5.91 Å². The molecular weight excluding hydrogens is 248 g/mol. The van der Waals surface area contributed by atoms with E-state index >= 15 is 0 Å². The molecule has 0 heterocycles. The van der Waals surface area contributed by atoms with Gasteiger partial charge in [-0.25, -0.2) is 5.48 Å². The molecule has 0 aromatic rings. The lowest BCUT2D eigenvalue weighted by atomic mass is 9.83. The van der Waals surface area contributed by atoms with Crippen molar-refractivity contribution in [3.8, 4) is 0 Å². The number of amides is 1. The third-order valence-electron chi connectivity index (χ3n) is 2.94. The molecule has 1 rings (SSSR count). The number of ketones is 2. The summed E-state index contributed by atoms with van der Waals surface area (Å²) >= 11 is 0. The van der Waals surface area contributed by atoms with E-state index in [-0.39, 0.29) is 30.0 Å². The van der Waals surface area contributed by atoms with E-state index in [1.807, 2.05) is 6.92 Å². The number of rotatable bonds is 7. The van der Waals surface area contributed by atoms with Crippen LogP contribution in [-0.2, 0) is 19.2 Å². The maximum Gasteiger partial charge on any atom is 0.221 e. The number of hydrogen-bond acceptors (Lipinski definition) is 5. The zero-order valence-corrected chi connectivity index (χ0v) is 11.1. The maximum atomic E-state index is 11.7. The lowest BCUT2D eigenvalue weighted by molar-refractivity contribution is -0.132. The molecule has 0 radical (unpaired) electrons. The Morgan fingerprint density at radius 1 is 1.42 bits per heavy atom. The molecule has 0 bridgehead atoms. The van der Waals surface area contributed by atoms with E-state index in [1.54, 1.807) is 6.08 Å². The van der Waals surface area contributed by atoms with E-state index in [2.05, 4.69) is 5.48 Å². The van der Waals surface area contributed by atoms with Crippen molar-refractivity contribution >= 4 is 17.5 Å². The Balaban J connectivity index is 2.43. The summed E-state index contributed by atoms with van der Waals surface area (Å²) < 4.78 is 0. The number of primary amides is 1. The molecule has 6 nitrogen and oxygen atoms in total. The van der Waals surface area contributed by atoms with Crippen LogP contribution in [0.1, 0.15) is 32.6 Å². The molecule has 3 N–H and O–H groups in total. The fraction of sp³-hybridized carbons (Fsp3) is 0.615. The predicted octanol–water partition coefficient (Wildman–Crippen LogP) is 0.268. The summed E-state index contributed by atoms with van der Waals surface area (Å²) in [6.07, 6.45) is 3.13. The highest BCUT2D eigenvalue weighted by atomic mass is 16.6. The lowest BCUT2D eigenvalue weighted by Crippen LogP contribution is -2.34. The Labute approximate surface area is 112 Å². The second-order valence-corrected chi connectivity index (χ2v) is 4.44. The summed E-state index contributed by atoms with van der Waals surface area (Å²) in [5, 5.41) is 0. The van der Waals surface area contributed by atoms with Crippen molar-refractivity contribution in [3.63, 3.8) is 0 Å². The molecule has 0 saturated heterocycles. The van der Waals surface area contributed by atoms with E-state index in [9.17, 15) is 14.4 Å². The molecule has 19 heavy (non-hydrogen) atoms. The van der Waals surface area contributed by atoms with E-state index in [4.69, 9.17) is 10.6 Å². The number of unbranched alkanes of at least 4 members (excludes halogenated alkanes) is 1. The monoisotopic (exact) mass is 268 g/mol. The lowest BCUT2D eigenvalue weighted by Gasteiger charge is -2.19.